The minimum absolute atomic E-state index is 0.00737. The zero-order chi connectivity index (χ0) is 21.7. The van der Waals surface area contributed by atoms with E-state index in [-0.39, 0.29) is 23.9 Å². The zero-order valence-corrected chi connectivity index (χ0v) is 18.0. The standard InChI is InChI=1S/C23H26N6O2/c1-26(2)23(31)20-18-11-16-9-10-17(29(16)22(30)19-12-24-14-27(19)3)13-28(18)21(25-20)15-7-5-4-6-8-15/h4-8,12,14,16-17H,9-11,13H2,1-3H3. The van der Waals surface area contributed by atoms with Crippen molar-refractivity contribution in [2.45, 2.75) is 37.9 Å². The van der Waals surface area contributed by atoms with E-state index in [4.69, 9.17) is 4.98 Å². The van der Waals surface area contributed by atoms with Crippen molar-refractivity contribution in [3.63, 3.8) is 0 Å². The maximum atomic E-state index is 13.4. The predicted octanol–water partition coefficient (Wildman–Crippen LogP) is 2.21. The first-order valence-corrected chi connectivity index (χ1v) is 10.6. The summed E-state index contributed by atoms with van der Waals surface area (Å²) in [7, 11) is 5.34. The summed E-state index contributed by atoms with van der Waals surface area (Å²) < 4.78 is 3.93. The number of benzene rings is 1. The molecule has 0 N–H and O–H groups in total. The quantitative estimate of drug-likeness (QED) is 0.654. The molecule has 160 valence electrons. The van der Waals surface area contributed by atoms with Crippen molar-refractivity contribution in [1.82, 2.24) is 28.9 Å². The van der Waals surface area contributed by atoms with E-state index in [1.54, 1.807) is 36.1 Å². The van der Waals surface area contributed by atoms with Gasteiger partial charge < -0.3 is 18.9 Å². The Labute approximate surface area is 181 Å². The van der Waals surface area contributed by atoms with Gasteiger partial charge >= 0.3 is 0 Å². The topological polar surface area (TPSA) is 76.3 Å². The largest absolute Gasteiger partial charge is 0.343 e. The number of hydrogen-bond acceptors (Lipinski definition) is 4. The van der Waals surface area contributed by atoms with Crippen LogP contribution in [0.2, 0.25) is 0 Å². The van der Waals surface area contributed by atoms with E-state index < -0.39 is 0 Å². The van der Waals surface area contributed by atoms with Crippen LogP contribution in [0.5, 0.6) is 0 Å². The van der Waals surface area contributed by atoms with E-state index in [2.05, 4.69) is 9.55 Å². The first kappa shape index (κ1) is 19.5. The van der Waals surface area contributed by atoms with Crippen molar-refractivity contribution >= 4 is 11.8 Å². The summed E-state index contributed by atoms with van der Waals surface area (Å²) in [5.41, 5.74) is 2.98. The van der Waals surface area contributed by atoms with Crippen molar-refractivity contribution < 1.29 is 9.59 Å². The number of imidazole rings is 2. The maximum Gasteiger partial charge on any atom is 0.273 e. The molecule has 4 heterocycles. The van der Waals surface area contributed by atoms with Crippen LogP contribution in [0.4, 0.5) is 0 Å². The van der Waals surface area contributed by atoms with Crippen molar-refractivity contribution in [3.8, 4) is 11.4 Å². The molecule has 2 bridgehead atoms. The highest BCUT2D eigenvalue weighted by Crippen LogP contribution is 2.36. The Morgan fingerprint density at radius 1 is 1.10 bits per heavy atom. The molecule has 0 saturated carbocycles. The van der Waals surface area contributed by atoms with Gasteiger partial charge in [-0.05, 0) is 12.8 Å². The lowest BCUT2D eigenvalue weighted by molar-refractivity contribution is 0.0656. The fourth-order valence-corrected chi connectivity index (χ4v) is 4.88. The molecule has 2 aromatic heterocycles. The number of fused-ring (bicyclic) bond motifs is 3. The van der Waals surface area contributed by atoms with Gasteiger partial charge in [0.25, 0.3) is 11.8 Å². The van der Waals surface area contributed by atoms with Gasteiger partial charge in [0, 0.05) is 45.7 Å². The number of carbonyl (C=O) groups excluding carboxylic acids is 2. The highest BCUT2D eigenvalue weighted by atomic mass is 16.2. The van der Waals surface area contributed by atoms with Gasteiger partial charge in [-0.15, -0.1) is 0 Å². The minimum atomic E-state index is -0.104. The Morgan fingerprint density at radius 3 is 2.52 bits per heavy atom. The Bertz CT molecular complexity index is 1150. The Balaban J connectivity index is 1.60. The van der Waals surface area contributed by atoms with Crippen LogP contribution in [-0.4, -0.2) is 66.9 Å². The summed E-state index contributed by atoms with van der Waals surface area (Å²) >= 11 is 0. The lowest BCUT2D eigenvalue weighted by atomic mass is 10.0. The highest BCUT2D eigenvalue weighted by molar-refractivity contribution is 5.95. The molecule has 8 heteroatoms. The van der Waals surface area contributed by atoms with Crippen molar-refractivity contribution in [2.24, 2.45) is 7.05 Å². The Morgan fingerprint density at radius 2 is 1.84 bits per heavy atom. The van der Waals surface area contributed by atoms with E-state index in [0.717, 1.165) is 29.9 Å². The van der Waals surface area contributed by atoms with Gasteiger partial charge in [0.15, 0.2) is 0 Å². The van der Waals surface area contributed by atoms with Crippen LogP contribution in [0.25, 0.3) is 11.4 Å². The number of amides is 2. The van der Waals surface area contributed by atoms with Crippen LogP contribution >= 0.6 is 0 Å². The maximum absolute atomic E-state index is 13.4. The molecular weight excluding hydrogens is 392 g/mol. The highest BCUT2D eigenvalue weighted by Gasteiger charge is 2.43. The monoisotopic (exact) mass is 418 g/mol. The summed E-state index contributed by atoms with van der Waals surface area (Å²) in [6, 6.07) is 10.1. The smallest absolute Gasteiger partial charge is 0.273 e. The number of aromatic nitrogens is 4. The van der Waals surface area contributed by atoms with E-state index >= 15 is 0 Å². The van der Waals surface area contributed by atoms with Crippen molar-refractivity contribution in [3.05, 3.63) is 59.9 Å². The molecule has 2 unspecified atom stereocenters. The van der Waals surface area contributed by atoms with Crippen LogP contribution in [-0.2, 0) is 20.0 Å². The van der Waals surface area contributed by atoms with E-state index in [1.807, 2.05) is 42.3 Å². The molecule has 2 atom stereocenters. The molecule has 2 amide bonds. The third-order valence-corrected chi connectivity index (χ3v) is 6.43. The van der Waals surface area contributed by atoms with Gasteiger partial charge in [-0.25, -0.2) is 9.97 Å². The average molecular weight is 419 g/mol. The van der Waals surface area contributed by atoms with Crippen LogP contribution in [0.1, 0.15) is 39.5 Å². The second-order valence-electron chi connectivity index (χ2n) is 8.60. The summed E-state index contributed by atoms with van der Waals surface area (Å²) in [6.07, 6.45) is 5.77. The molecule has 1 fully saturated rings. The summed E-state index contributed by atoms with van der Waals surface area (Å²) in [5.74, 6) is 0.697. The third kappa shape index (κ3) is 3.13. The van der Waals surface area contributed by atoms with Gasteiger partial charge in [0.05, 0.1) is 24.3 Å². The molecule has 31 heavy (non-hydrogen) atoms. The molecule has 1 aromatic carbocycles. The summed E-state index contributed by atoms with van der Waals surface area (Å²) in [5, 5.41) is 0. The molecule has 5 rings (SSSR count). The predicted molar refractivity (Wildman–Crippen MR) is 116 cm³/mol. The molecule has 2 aliphatic rings. The fourth-order valence-electron chi connectivity index (χ4n) is 4.88. The van der Waals surface area contributed by atoms with E-state index in [1.165, 1.54) is 0 Å². The van der Waals surface area contributed by atoms with Gasteiger partial charge in [-0.2, -0.15) is 0 Å². The second kappa shape index (κ2) is 7.37. The van der Waals surface area contributed by atoms with Gasteiger partial charge in [-0.1, -0.05) is 30.3 Å². The average Bonchev–Trinajstić information content (AvgIpc) is 3.42. The van der Waals surface area contributed by atoms with Gasteiger partial charge in [-0.3, -0.25) is 9.59 Å². The molecule has 3 aromatic rings. The molecule has 1 saturated heterocycles. The van der Waals surface area contributed by atoms with Crippen LogP contribution < -0.4 is 0 Å². The van der Waals surface area contributed by atoms with Gasteiger partial charge in [0.2, 0.25) is 0 Å². The number of hydrogen-bond donors (Lipinski definition) is 0. The first-order valence-electron chi connectivity index (χ1n) is 10.6. The SMILES string of the molecule is CN(C)C(=O)c1nc(-c2ccccc2)n2c1CC1CCC(C2)N1C(=O)c1cncn1C. The zero-order valence-electron chi connectivity index (χ0n) is 18.0. The van der Waals surface area contributed by atoms with Crippen molar-refractivity contribution in [1.29, 1.82) is 0 Å². The first-order chi connectivity index (χ1) is 15.0. The fraction of sp³-hybridized carbons (Fsp3) is 0.391. The normalized spacial score (nSPS) is 19.8. The molecule has 8 nitrogen and oxygen atoms in total. The number of aryl methyl sites for hydroxylation is 1. The molecule has 0 aliphatic carbocycles. The summed E-state index contributed by atoms with van der Waals surface area (Å²) in [6.45, 7) is 0.632. The van der Waals surface area contributed by atoms with Crippen LogP contribution in [0.15, 0.2) is 42.9 Å². The second-order valence-corrected chi connectivity index (χ2v) is 8.60. The van der Waals surface area contributed by atoms with Crippen molar-refractivity contribution in [2.75, 3.05) is 14.1 Å². The molecular formula is C23H26N6O2. The Hall–Kier alpha value is -3.42. The van der Waals surface area contributed by atoms with E-state index in [9.17, 15) is 9.59 Å². The molecule has 0 radical (unpaired) electrons. The third-order valence-electron chi connectivity index (χ3n) is 6.43. The lowest BCUT2D eigenvalue weighted by Gasteiger charge is -2.28. The number of nitrogens with zero attached hydrogens (tertiary/aromatic N) is 6. The lowest BCUT2D eigenvalue weighted by Crippen LogP contribution is -2.42. The van der Waals surface area contributed by atoms with Crippen LogP contribution in [0, 0.1) is 0 Å². The molecule has 2 aliphatic heterocycles. The number of rotatable bonds is 3. The Kier molecular flexibility index (Phi) is 4.64. The van der Waals surface area contributed by atoms with Gasteiger partial charge in [0.1, 0.15) is 17.2 Å². The molecule has 0 spiro atoms. The van der Waals surface area contributed by atoms with E-state index in [0.29, 0.717) is 24.4 Å². The summed E-state index contributed by atoms with van der Waals surface area (Å²) in [4.78, 5) is 38.9. The van der Waals surface area contributed by atoms with Crippen LogP contribution in [0.3, 0.4) is 0 Å². The minimum Gasteiger partial charge on any atom is -0.343 e. The number of carbonyl (C=O) groups is 2.